The van der Waals surface area contributed by atoms with Gasteiger partial charge in [-0.25, -0.2) is 9.97 Å². The Morgan fingerprint density at radius 2 is 1.87 bits per heavy atom. The summed E-state index contributed by atoms with van der Waals surface area (Å²) < 4.78 is 2.07. The Hall–Kier alpha value is -2.28. The SMILES string of the molecule is CCc1cc(Sc2nnc(C)n2CC)nc(-c2ccncc2)n1. The van der Waals surface area contributed by atoms with E-state index >= 15 is 0 Å². The lowest BCUT2D eigenvalue weighted by Crippen LogP contribution is -2.00. The van der Waals surface area contributed by atoms with Crippen LogP contribution in [0.25, 0.3) is 11.4 Å². The van der Waals surface area contributed by atoms with Crippen molar-refractivity contribution in [3.8, 4) is 11.4 Å². The number of hydrogen-bond donors (Lipinski definition) is 0. The monoisotopic (exact) mass is 326 g/mol. The summed E-state index contributed by atoms with van der Waals surface area (Å²) in [6, 6.07) is 5.85. The van der Waals surface area contributed by atoms with Crippen molar-refractivity contribution in [3.63, 3.8) is 0 Å². The maximum Gasteiger partial charge on any atom is 0.197 e. The van der Waals surface area contributed by atoms with Crippen molar-refractivity contribution < 1.29 is 0 Å². The molecule has 6 nitrogen and oxygen atoms in total. The van der Waals surface area contributed by atoms with Gasteiger partial charge in [0.25, 0.3) is 0 Å². The molecular formula is C16H18N6S. The Balaban J connectivity index is 1.99. The quantitative estimate of drug-likeness (QED) is 0.671. The molecule has 0 N–H and O–H groups in total. The lowest BCUT2D eigenvalue weighted by atomic mass is 10.2. The zero-order chi connectivity index (χ0) is 16.2. The molecule has 0 fully saturated rings. The molecule has 0 bridgehead atoms. The molecule has 0 aliphatic heterocycles. The zero-order valence-corrected chi connectivity index (χ0v) is 14.2. The van der Waals surface area contributed by atoms with Crippen molar-refractivity contribution >= 4 is 11.8 Å². The number of nitrogens with zero attached hydrogens (tertiary/aromatic N) is 6. The van der Waals surface area contributed by atoms with Crippen LogP contribution < -0.4 is 0 Å². The highest BCUT2D eigenvalue weighted by atomic mass is 32.2. The highest BCUT2D eigenvalue weighted by molar-refractivity contribution is 7.99. The van der Waals surface area contributed by atoms with Gasteiger partial charge in [0.15, 0.2) is 11.0 Å². The van der Waals surface area contributed by atoms with E-state index in [1.165, 1.54) is 11.8 Å². The van der Waals surface area contributed by atoms with Crippen LogP contribution >= 0.6 is 11.8 Å². The lowest BCUT2D eigenvalue weighted by Gasteiger charge is -2.08. The average molecular weight is 326 g/mol. The lowest BCUT2D eigenvalue weighted by molar-refractivity contribution is 0.661. The molecular weight excluding hydrogens is 308 g/mol. The summed E-state index contributed by atoms with van der Waals surface area (Å²) in [6.07, 6.45) is 4.36. The van der Waals surface area contributed by atoms with E-state index in [9.17, 15) is 0 Å². The Bertz CT molecular complexity index is 800. The summed E-state index contributed by atoms with van der Waals surface area (Å²) in [5.74, 6) is 1.63. The predicted octanol–water partition coefficient (Wildman–Crippen LogP) is 3.17. The highest BCUT2D eigenvalue weighted by Crippen LogP contribution is 2.27. The van der Waals surface area contributed by atoms with E-state index in [1.807, 2.05) is 25.1 Å². The van der Waals surface area contributed by atoms with Gasteiger partial charge in [-0.2, -0.15) is 0 Å². The minimum absolute atomic E-state index is 0.716. The largest absolute Gasteiger partial charge is 0.306 e. The van der Waals surface area contributed by atoms with Gasteiger partial charge in [0.1, 0.15) is 10.9 Å². The summed E-state index contributed by atoms with van der Waals surface area (Å²) in [5, 5.41) is 10.1. The maximum absolute atomic E-state index is 4.67. The molecule has 0 radical (unpaired) electrons. The van der Waals surface area contributed by atoms with Gasteiger partial charge in [-0.05, 0) is 50.2 Å². The fourth-order valence-corrected chi connectivity index (χ4v) is 3.20. The molecule has 0 amide bonds. The second kappa shape index (κ2) is 6.87. The third-order valence-corrected chi connectivity index (χ3v) is 4.37. The van der Waals surface area contributed by atoms with E-state index < -0.39 is 0 Å². The zero-order valence-electron chi connectivity index (χ0n) is 13.4. The maximum atomic E-state index is 4.67. The fraction of sp³-hybridized carbons (Fsp3) is 0.312. The van der Waals surface area contributed by atoms with Crippen molar-refractivity contribution in [3.05, 3.63) is 42.1 Å². The molecule has 0 aliphatic rings. The summed E-state index contributed by atoms with van der Waals surface area (Å²) in [5.41, 5.74) is 1.97. The predicted molar refractivity (Wildman–Crippen MR) is 89.2 cm³/mol. The summed E-state index contributed by atoms with van der Waals surface area (Å²) in [7, 11) is 0. The van der Waals surface area contributed by atoms with Gasteiger partial charge in [-0.3, -0.25) is 4.98 Å². The smallest absolute Gasteiger partial charge is 0.197 e. The molecule has 3 aromatic rings. The summed E-state index contributed by atoms with van der Waals surface area (Å²) >= 11 is 1.52. The van der Waals surface area contributed by atoms with Crippen molar-refractivity contribution in [2.45, 2.75) is 43.9 Å². The number of pyridine rings is 1. The van der Waals surface area contributed by atoms with E-state index in [0.717, 1.165) is 40.2 Å². The second-order valence-electron chi connectivity index (χ2n) is 4.99. The van der Waals surface area contributed by atoms with Crippen molar-refractivity contribution in [1.82, 2.24) is 29.7 Å². The molecule has 0 spiro atoms. The van der Waals surface area contributed by atoms with Gasteiger partial charge in [-0.1, -0.05) is 6.92 Å². The molecule has 23 heavy (non-hydrogen) atoms. The van der Waals surface area contributed by atoms with E-state index in [2.05, 4.69) is 43.6 Å². The molecule has 0 unspecified atom stereocenters. The molecule has 3 heterocycles. The van der Waals surface area contributed by atoms with E-state index in [0.29, 0.717) is 5.82 Å². The minimum atomic E-state index is 0.716. The summed E-state index contributed by atoms with van der Waals surface area (Å²) in [4.78, 5) is 13.3. The Morgan fingerprint density at radius 1 is 1.09 bits per heavy atom. The van der Waals surface area contributed by atoms with E-state index in [4.69, 9.17) is 0 Å². The van der Waals surface area contributed by atoms with Crippen LogP contribution in [0.2, 0.25) is 0 Å². The number of hydrogen-bond acceptors (Lipinski definition) is 6. The highest BCUT2D eigenvalue weighted by Gasteiger charge is 2.12. The Kier molecular flexibility index (Phi) is 4.66. The topological polar surface area (TPSA) is 69.4 Å². The van der Waals surface area contributed by atoms with E-state index in [1.54, 1.807) is 12.4 Å². The van der Waals surface area contributed by atoms with Crippen LogP contribution in [-0.2, 0) is 13.0 Å². The first-order chi connectivity index (χ1) is 11.2. The molecule has 0 aromatic carbocycles. The van der Waals surface area contributed by atoms with Crippen LogP contribution in [0, 0.1) is 6.92 Å². The van der Waals surface area contributed by atoms with Gasteiger partial charge in [0, 0.05) is 30.2 Å². The van der Waals surface area contributed by atoms with Crippen LogP contribution in [0.3, 0.4) is 0 Å². The van der Waals surface area contributed by atoms with Crippen LogP contribution in [0.5, 0.6) is 0 Å². The molecule has 7 heteroatoms. The molecule has 0 atom stereocenters. The van der Waals surface area contributed by atoms with Gasteiger partial charge < -0.3 is 4.57 Å². The summed E-state index contributed by atoms with van der Waals surface area (Å²) in [6.45, 7) is 6.97. The Morgan fingerprint density at radius 3 is 2.57 bits per heavy atom. The Labute approximate surface area is 139 Å². The second-order valence-corrected chi connectivity index (χ2v) is 5.97. The normalized spacial score (nSPS) is 10.9. The number of rotatable bonds is 5. The first-order valence-corrected chi connectivity index (χ1v) is 8.39. The van der Waals surface area contributed by atoms with Gasteiger partial charge in [0.2, 0.25) is 0 Å². The van der Waals surface area contributed by atoms with Crippen LogP contribution in [0.15, 0.2) is 40.8 Å². The van der Waals surface area contributed by atoms with Gasteiger partial charge in [-0.15, -0.1) is 10.2 Å². The minimum Gasteiger partial charge on any atom is -0.306 e. The van der Waals surface area contributed by atoms with Gasteiger partial charge in [0.05, 0.1) is 0 Å². The molecule has 0 aliphatic carbocycles. The molecule has 0 saturated carbocycles. The van der Waals surface area contributed by atoms with Crippen LogP contribution in [-0.4, -0.2) is 29.7 Å². The third-order valence-electron chi connectivity index (χ3n) is 3.47. The van der Waals surface area contributed by atoms with Crippen molar-refractivity contribution in [2.75, 3.05) is 0 Å². The molecule has 3 aromatic heterocycles. The van der Waals surface area contributed by atoms with E-state index in [-0.39, 0.29) is 0 Å². The molecule has 0 saturated heterocycles. The average Bonchev–Trinajstić information content (AvgIpc) is 2.94. The van der Waals surface area contributed by atoms with Gasteiger partial charge >= 0.3 is 0 Å². The van der Waals surface area contributed by atoms with Crippen LogP contribution in [0.4, 0.5) is 0 Å². The van der Waals surface area contributed by atoms with Crippen molar-refractivity contribution in [1.29, 1.82) is 0 Å². The third kappa shape index (κ3) is 3.39. The number of aryl methyl sites for hydroxylation is 2. The first kappa shape index (κ1) is 15.6. The van der Waals surface area contributed by atoms with Crippen LogP contribution in [0.1, 0.15) is 25.4 Å². The standard InChI is InChI=1S/C16H18N6S/c1-4-13-10-14(23-16-21-20-11(3)22(16)5-2)19-15(18-13)12-6-8-17-9-7-12/h6-10H,4-5H2,1-3H3. The first-order valence-electron chi connectivity index (χ1n) is 7.57. The fourth-order valence-electron chi connectivity index (χ4n) is 2.23. The van der Waals surface area contributed by atoms with Crippen molar-refractivity contribution in [2.24, 2.45) is 0 Å². The molecule has 118 valence electrons. The molecule has 3 rings (SSSR count). The number of aromatic nitrogens is 6.